The van der Waals surface area contributed by atoms with Crippen molar-refractivity contribution in [1.29, 1.82) is 0 Å². The second kappa shape index (κ2) is 7.56. The van der Waals surface area contributed by atoms with Crippen LogP contribution in [0.1, 0.15) is 17.0 Å². The predicted octanol–water partition coefficient (Wildman–Crippen LogP) is 4.18. The molecule has 1 aromatic heterocycles. The standard InChI is InChI=1S/C17H14N4O2S/c22-21(23)15-9-6-14(7-10-15)12-24-17-18-16(19-20-17)11-8-13-4-2-1-3-5-13/h1-11H,12H2,(H,18,19,20)/b11-8+. The molecule has 0 unspecified atom stereocenters. The number of benzene rings is 2. The van der Waals surface area contributed by atoms with E-state index in [0.29, 0.717) is 16.7 Å². The summed E-state index contributed by atoms with van der Waals surface area (Å²) >= 11 is 1.47. The van der Waals surface area contributed by atoms with Crippen molar-refractivity contribution in [2.45, 2.75) is 10.9 Å². The molecule has 3 aromatic rings. The van der Waals surface area contributed by atoms with Gasteiger partial charge in [0, 0.05) is 17.9 Å². The minimum atomic E-state index is -0.405. The summed E-state index contributed by atoms with van der Waals surface area (Å²) in [7, 11) is 0. The van der Waals surface area contributed by atoms with E-state index in [1.165, 1.54) is 23.9 Å². The minimum Gasteiger partial charge on any atom is -0.259 e. The van der Waals surface area contributed by atoms with Crippen molar-refractivity contribution in [1.82, 2.24) is 15.2 Å². The SMILES string of the molecule is O=[N+]([O-])c1ccc(CSc2n[nH]c(/C=C/c3ccccc3)n2)cc1. The Bertz CT molecular complexity index is 845. The first-order valence-corrected chi connectivity index (χ1v) is 8.21. The van der Waals surface area contributed by atoms with Gasteiger partial charge in [-0.3, -0.25) is 15.2 Å². The molecule has 0 amide bonds. The molecule has 1 heterocycles. The Labute approximate surface area is 142 Å². The fourth-order valence-electron chi connectivity index (χ4n) is 2.00. The van der Waals surface area contributed by atoms with E-state index >= 15 is 0 Å². The zero-order valence-corrected chi connectivity index (χ0v) is 13.4. The first-order valence-electron chi connectivity index (χ1n) is 7.22. The fraction of sp³-hybridized carbons (Fsp3) is 0.0588. The molecule has 3 rings (SSSR count). The van der Waals surface area contributed by atoms with Crippen LogP contribution in [-0.4, -0.2) is 20.1 Å². The van der Waals surface area contributed by atoms with Gasteiger partial charge in [0.2, 0.25) is 5.16 Å². The molecule has 0 spiro atoms. The van der Waals surface area contributed by atoms with Crippen molar-refractivity contribution >= 4 is 29.6 Å². The highest BCUT2D eigenvalue weighted by atomic mass is 32.2. The molecule has 0 aliphatic rings. The fourth-order valence-corrected chi connectivity index (χ4v) is 2.76. The Balaban J connectivity index is 1.58. The van der Waals surface area contributed by atoms with Crippen LogP contribution in [0.2, 0.25) is 0 Å². The van der Waals surface area contributed by atoms with E-state index < -0.39 is 4.92 Å². The predicted molar refractivity (Wildman–Crippen MR) is 94.4 cm³/mol. The first kappa shape index (κ1) is 15.9. The maximum absolute atomic E-state index is 10.6. The third-order valence-corrected chi connectivity index (χ3v) is 4.15. The highest BCUT2D eigenvalue weighted by molar-refractivity contribution is 7.98. The normalized spacial score (nSPS) is 11.0. The van der Waals surface area contributed by atoms with Crippen molar-refractivity contribution in [2.24, 2.45) is 0 Å². The lowest BCUT2D eigenvalue weighted by molar-refractivity contribution is -0.384. The van der Waals surface area contributed by atoms with Crippen LogP contribution in [0.25, 0.3) is 12.2 Å². The van der Waals surface area contributed by atoms with Gasteiger partial charge in [0.25, 0.3) is 5.69 Å². The van der Waals surface area contributed by atoms with Crippen LogP contribution >= 0.6 is 11.8 Å². The Hall–Kier alpha value is -2.93. The van der Waals surface area contributed by atoms with Crippen molar-refractivity contribution in [2.75, 3.05) is 0 Å². The van der Waals surface area contributed by atoms with Gasteiger partial charge in [0.05, 0.1) is 4.92 Å². The van der Waals surface area contributed by atoms with Gasteiger partial charge in [0.15, 0.2) is 0 Å². The van der Waals surface area contributed by atoms with E-state index in [9.17, 15) is 10.1 Å². The molecule has 7 heteroatoms. The maximum Gasteiger partial charge on any atom is 0.269 e. The lowest BCUT2D eigenvalue weighted by atomic mass is 10.2. The van der Waals surface area contributed by atoms with E-state index in [4.69, 9.17) is 0 Å². The van der Waals surface area contributed by atoms with Gasteiger partial charge in [-0.1, -0.05) is 60.3 Å². The number of aromatic amines is 1. The molecular formula is C17H14N4O2S. The summed E-state index contributed by atoms with van der Waals surface area (Å²) in [5.74, 6) is 1.34. The molecule has 0 saturated carbocycles. The van der Waals surface area contributed by atoms with Gasteiger partial charge in [-0.05, 0) is 17.2 Å². The van der Waals surface area contributed by atoms with Crippen LogP contribution in [0.4, 0.5) is 5.69 Å². The summed E-state index contributed by atoms with van der Waals surface area (Å²) in [5.41, 5.74) is 2.17. The average molecular weight is 338 g/mol. The van der Waals surface area contributed by atoms with E-state index in [1.54, 1.807) is 12.1 Å². The van der Waals surface area contributed by atoms with Crippen LogP contribution < -0.4 is 0 Å². The molecule has 0 atom stereocenters. The number of nitrogens with one attached hydrogen (secondary N) is 1. The van der Waals surface area contributed by atoms with Crippen molar-refractivity contribution in [3.63, 3.8) is 0 Å². The third kappa shape index (κ3) is 4.30. The number of non-ortho nitro benzene ring substituents is 1. The number of thioether (sulfide) groups is 1. The molecule has 24 heavy (non-hydrogen) atoms. The van der Waals surface area contributed by atoms with Gasteiger partial charge in [-0.2, -0.15) is 0 Å². The number of H-pyrrole nitrogens is 1. The number of aromatic nitrogens is 3. The monoisotopic (exact) mass is 338 g/mol. The number of hydrogen-bond acceptors (Lipinski definition) is 5. The summed E-state index contributed by atoms with van der Waals surface area (Å²) < 4.78 is 0. The van der Waals surface area contributed by atoms with Gasteiger partial charge in [-0.15, -0.1) is 5.10 Å². The van der Waals surface area contributed by atoms with Gasteiger partial charge in [-0.25, -0.2) is 4.98 Å². The Morgan fingerprint density at radius 3 is 2.54 bits per heavy atom. The molecule has 120 valence electrons. The zero-order valence-electron chi connectivity index (χ0n) is 12.6. The Morgan fingerprint density at radius 1 is 1.08 bits per heavy atom. The molecule has 0 radical (unpaired) electrons. The Morgan fingerprint density at radius 2 is 1.83 bits per heavy atom. The number of nitrogens with zero attached hydrogens (tertiary/aromatic N) is 3. The maximum atomic E-state index is 10.6. The lowest BCUT2D eigenvalue weighted by Crippen LogP contribution is -1.88. The summed E-state index contributed by atoms with van der Waals surface area (Å²) in [6.07, 6.45) is 3.84. The molecule has 0 aliphatic carbocycles. The van der Waals surface area contributed by atoms with E-state index in [2.05, 4.69) is 15.2 Å². The van der Waals surface area contributed by atoms with Crippen molar-refractivity contribution in [3.8, 4) is 0 Å². The number of rotatable bonds is 6. The van der Waals surface area contributed by atoms with Crippen LogP contribution in [0.3, 0.4) is 0 Å². The van der Waals surface area contributed by atoms with E-state index in [0.717, 1.165) is 11.1 Å². The smallest absolute Gasteiger partial charge is 0.259 e. The summed E-state index contributed by atoms with van der Waals surface area (Å²) in [6.45, 7) is 0. The summed E-state index contributed by atoms with van der Waals surface area (Å²) in [4.78, 5) is 14.6. The van der Waals surface area contributed by atoms with Crippen molar-refractivity contribution in [3.05, 3.63) is 81.7 Å². The molecule has 2 aromatic carbocycles. The molecule has 0 fully saturated rings. The van der Waals surface area contributed by atoms with Crippen LogP contribution in [-0.2, 0) is 5.75 Å². The topological polar surface area (TPSA) is 84.7 Å². The van der Waals surface area contributed by atoms with Gasteiger partial charge in [0.1, 0.15) is 5.82 Å². The highest BCUT2D eigenvalue weighted by Gasteiger charge is 2.06. The highest BCUT2D eigenvalue weighted by Crippen LogP contribution is 2.21. The van der Waals surface area contributed by atoms with Gasteiger partial charge >= 0.3 is 0 Å². The zero-order chi connectivity index (χ0) is 16.8. The second-order valence-corrected chi connectivity index (χ2v) is 5.90. The van der Waals surface area contributed by atoms with Crippen LogP contribution in [0.5, 0.6) is 0 Å². The molecule has 6 nitrogen and oxygen atoms in total. The lowest BCUT2D eigenvalue weighted by Gasteiger charge is -1.97. The number of nitro groups is 1. The molecule has 0 bridgehead atoms. The first-order chi connectivity index (χ1) is 11.7. The van der Waals surface area contributed by atoms with E-state index in [-0.39, 0.29) is 5.69 Å². The minimum absolute atomic E-state index is 0.0926. The molecule has 0 saturated heterocycles. The molecular weight excluding hydrogens is 324 g/mol. The second-order valence-electron chi connectivity index (χ2n) is 4.96. The summed E-state index contributed by atoms with van der Waals surface area (Å²) in [5, 5.41) is 18.3. The quantitative estimate of drug-likeness (QED) is 0.414. The average Bonchev–Trinajstić information content (AvgIpc) is 3.07. The largest absolute Gasteiger partial charge is 0.269 e. The number of nitro benzene ring substituents is 1. The molecule has 0 aliphatic heterocycles. The van der Waals surface area contributed by atoms with Gasteiger partial charge < -0.3 is 0 Å². The van der Waals surface area contributed by atoms with Crippen molar-refractivity contribution < 1.29 is 4.92 Å². The van der Waals surface area contributed by atoms with Crippen LogP contribution in [0.15, 0.2) is 59.8 Å². The summed E-state index contributed by atoms with van der Waals surface area (Å²) in [6, 6.07) is 16.4. The Kier molecular flexibility index (Phi) is 5.02. The van der Waals surface area contributed by atoms with Crippen LogP contribution in [0, 0.1) is 10.1 Å². The van der Waals surface area contributed by atoms with E-state index in [1.807, 2.05) is 42.5 Å². The third-order valence-electron chi connectivity index (χ3n) is 3.23. The molecule has 1 N–H and O–H groups in total. The number of hydrogen-bond donors (Lipinski definition) is 1.